The molecule has 6 nitrogen and oxygen atoms in total. The molecule has 0 saturated carbocycles. The van der Waals surface area contributed by atoms with Gasteiger partial charge in [-0.2, -0.15) is 0 Å². The average Bonchev–Trinajstić information content (AvgIpc) is 2.83. The molecule has 0 saturated heterocycles. The van der Waals surface area contributed by atoms with Crippen LogP contribution in [0.4, 0.5) is 5.69 Å². The Morgan fingerprint density at radius 2 is 1.94 bits per heavy atom. The van der Waals surface area contributed by atoms with E-state index in [2.05, 4.69) is 20.9 Å². The number of rotatable bonds is 4. The molecule has 0 atom stereocenters. The van der Waals surface area contributed by atoms with Crippen molar-refractivity contribution in [1.82, 2.24) is 15.0 Å². The third kappa shape index (κ3) is 3.52. The Bertz CT molecular complexity index is 1510. The highest BCUT2D eigenvalue weighted by atomic mass is 35.5. The Morgan fingerprint density at radius 3 is 2.72 bits per heavy atom. The lowest BCUT2D eigenvalue weighted by Gasteiger charge is -2.26. The van der Waals surface area contributed by atoms with Crippen LogP contribution in [-0.4, -0.2) is 27.5 Å². The SMILES string of the molecule is CCOc1ccc2c(n1)=C(c1ccc(Cl)cc1)C(=C=O)N(c1ccc3ncncc3c1)C=2. The molecular weight excluding hydrogens is 424 g/mol. The predicted octanol–water partition coefficient (Wildman–Crippen LogP) is 3.25. The molecule has 0 aliphatic carbocycles. The molecule has 0 unspecified atom stereocenters. The maximum atomic E-state index is 12.3. The maximum absolute atomic E-state index is 12.3. The van der Waals surface area contributed by atoms with Gasteiger partial charge in [0, 0.05) is 45.4 Å². The summed E-state index contributed by atoms with van der Waals surface area (Å²) in [4.78, 5) is 27.2. The Kier molecular flexibility index (Phi) is 5.15. The van der Waals surface area contributed by atoms with Gasteiger partial charge in [-0.05, 0) is 48.9 Å². The molecule has 3 heterocycles. The molecular formula is C25H17ClN4O2. The van der Waals surface area contributed by atoms with Gasteiger partial charge in [0.2, 0.25) is 5.88 Å². The van der Waals surface area contributed by atoms with Crippen LogP contribution >= 0.6 is 11.6 Å². The number of allylic oxidation sites excluding steroid dienone is 1. The average molecular weight is 441 g/mol. The number of hydrogen-bond donors (Lipinski definition) is 0. The minimum Gasteiger partial charge on any atom is -0.478 e. The van der Waals surface area contributed by atoms with Gasteiger partial charge in [0.05, 0.1) is 17.5 Å². The normalized spacial score (nSPS) is 12.9. The van der Waals surface area contributed by atoms with Crippen LogP contribution in [0.15, 0.2) is 72.8 Å². The van der Waals surface area contributed by atoms with Gasteiger partial charge in [-0.15, -0.1) is 0 Å². The number of hydrogen-bond acceptors (Lipinski definition) is 6. The number of pyridine rings is 1. The van der Waals surface area contributed by atoms with Crippen molar-refractivity contribution in [2.75, 3.05) is 11.5 Å². The quantitative estimate of drug-likeness (QED) is 0.454. The first kappa shape index (κ1) is 19.9. The van der Waals surface area contributed by atoms with Crippen LogP contribution in [0.3, 0.4) is 0 Å². The van der Waals surface area contributed by atoms with E-state index in [0.29, 0.717) is 34.1 Å². The largest absolute Gasteiger partial charge is 0.478 e. The van der Waals surface area contributed by atoms with E-state index in [4.69, 9.17) is 16.3 Å². The predicted molar refractivity (Wildman–Crippen MR) is 124 cm³/mol. The summed E-state index contributed by atoms with van der Waals surface area (Å²) in [6.07, 6.45) is 5.13. The molecule has 4 aromatic rings. The lowest BCUT2D eigenvalue weighted by Crippen LogP contribution is -2.40. The minimum absolute atomic E-state index is 0.345. The van der Waals surface area contributed by atoms with Crippen molar-refractivity contribution < 1.29 is 9.53 Å². The number of fused-ring (bicyclic) bond motifs is 2. The molecule has 0 amide bonds. The highest BCUT2D eigenvalue weighted by Crippen LogP contribution is 2.30. The molecule has 0 fully saturated rings. The standard InChI is InChI=1S/C25H17ClN4O2/c1-2-32-23-10-5-17-13-30(20-8-9-21-18(11-20)12-27-15-28-21)22(14-31)24(25(17)29-23)16-3-6-19(26)7-4-16/h3-13,15H,2H2,1H3. The van der Waals surface area contributed by atoms with Gasteiger partial charge < -0.3 is 9.64 Å². The Hall–Kier alpha value is -3.99. The summed E-state index contributed by atoms with van der Waals surface area (Å²) in [7, 11) is 0. The first-order chi connectivity index (χ1) is 15.7. The molecule has 0 radical (unpaired) electrons. The fraction of sp³-hybridized carbons (Fsp3) is 0.0800. The number of anilines is 1. The van der Waals surface area contributed by atoms with Crippen LogP contribution in [0.25, 0.3) is 22.7 Å². The van der Waals surface area contributed by atoms with Crippen LogP contribution in [0.1, 0.15) is 12.5 Å². The van der Waals surface area contributed by atoms with Gasteiger partial charge in [-0.25, -0.2) is 19.7 Å². The van der Waals surface area contributed by atoms with Crippen molar-refractivity contribution >= 4 is 45.9 Å². The monoisotopic (exact) mass is 440 g/mol. The number of carbonyl (C=O) groups excluding carboxylic acids is 1. The molecule has 0 N–H and O–H groups in total. The van der Waals surface area contributed by atoms with Crippen LogP contribution in [0.2, 0.25) is 5.02 Å². The number of ether oxygens (including phenoxy) is 1. The van der Waals surface area contributed by atoms with Gasteiger partial charge in [0.15, 0.2) is 5.94 Å². The number of benzene rings is 2. The lowest BCUT2D eigenvalue weighted by atomic mass is 9.98. The first-order valence-electron chi connectivity index (χ1n) is 10.0. The summed E-state index contributed by atoms with van der Waals surface area (Å²) >= 11 is 6.11. The molecule has 2 aromatic heterocycles. The Labute approximate surface area is 188 Å². The molecule has 0 bridgehead atoms. The molecule has 7 heteroatoms. The van der Waals surface area contributed by atoms with E-state index in [1.807, 2.05) is 60.5 Å². The Balaban J connectivity index is 1.78. The molecule has 0 spiro atoms. The fourth-order valence-electron chi connectivity index (χ4n) is 3.74. The van der Waals surface area contributed by atoms with Crippen molar-refractivity contribution in [3.63, 3.8) is 0 Å². The first-order valence-corrected chi connectivity index (χ1v) is 10.4. The summed E-state index contributed by atoms with van der Waals surface area (Å²) in [5.41, 5.74) is 3.41. The van der Waals surface area contributed by atoms with Crippen molar-refractivity contribution in [3.05, 3.63) is 94.0 Å². The second-order valence-electron chi connectivity index (χ2n) is 7.12. The van der Waals surface area contributed by atoms with Gasteiger partial charge >= 0.3 is 0 Å². The summed E-state index contributed by atoms with van der Waals surface area (Å²) < 4.78 is 5.61. The third-order valence-electron chi connectivity index (χ3n) is 5.17. The zero-order valence-corrected chi connectivity index (χ0v) is 17.9. The van der Waals surface area contributed by atoms with Crippen LogP contribution < -0.4 is 20.2 Å². The summed E-state index contributed by atoms with van der Waals surface area (Å²) in [6.45, 7) is 2.40. The van der Waals surface area contributed by atoms with Crippen molar-refractivity contribution in [2.24, 2.45) is 0 Å². The maximum Gasteiger partial charge on any atom is 0.213 e. The van der Waals surface area contributed by atoms with Crippen LogP contribution in [-0.2, 0) is 4.79 Å². The summed E-state index contributed by atoms with van der Waals surface area (Å²) in [5, 5.41) is 2.97. The molecule has 1 aliphatic rings. The van der Waals surface area contributed by atoms with E-state index in [9.17, 15) is 4.79 Å². The topological polar surface area (TPSA) is 68.2 Å². The molecule has 156 valence electrons. The second-order valence-corrected chi connectivity index (χ2v) is 7.55. The second kappa shape index (κ2) is 8.27. The van der Waals surface area contributed by atoms with Crippen molar-refractivity contribution in [1.29, 1.82) is 0 Å². The molecule has 5 rings (SSSR count). The van der Waals surface area contributed by atoms with Gasteiger partial charge in [0.1, 0.15) is 12.0 Å². The van der Waals surface area contributed by atoms with Crippen molar-refractivity contribution in [3.8, 4) is 5.88 Å². The minimum atomic E-state index is 0.345. The van der Waals surface area contributed by atoms with Gasteiger partial charge in [-0.3, -0.25) is 0 Å². The number of halogens is 1. The highest BCUT2D eigenvalue weighted by Gasteiger charge is 2.23. The van der Waals surface area contributed by atoms with E-state index >= 15 is 0 Å². The lowest BCUT2D eigenvalue weighted by molar-refractivity contribution is 0.326. The zero-order valence-electron chi connectivity index (χ0n) is 17.1. The van der Waals surface area contributed by atoms with Crippen LogP contribution in [0.5, 0.6) is 5.88 Å². The van der Waals surface area contributed by atoms with E-state index in [1.54, 1.807) is 18.3 Å². The molecule has 2 aromatic carbocycles. The van der Waals surface area contributed by atoms with Gasteiger partial charge in [-0.1, -0.05) is 23.7 Å². The Morgan fingerprint density at radius 1 is 1.09 bits per heavy atom. The third-order valence-corrected chi connectivity index (χ3v) is 5.42. The number of aromatic nitrogens is 3. The fourth-order valence-corrected chi connectivity index (χ4v) is 3.86. The molecule has 32 heavy (non-hydrogen) atoms. The number of nitrogens with zero attached hydrogens (tertiary/aromatic N) is 4. The van der Waals surface area contributed by atoms with E-state index in [-0.39, 0.29) is 0 Å². The summed E-state index contributed by atoms with van der Waals surface area (Å²) in [6, 6.07) is 16.8. The zero-order chi connectivity index (χ0) is 22.1. The van der Waals surface area contributed by atoms with E-state index < -0.39 is 0 Å². The van der Waals surface area contributed by atoms with E-state index in [0.717, 1.165) is 27.4 Å². The van der Waals surface area contributed by atoms with Crippen molar-refractivity contribution in [2.45, 2.75) is 6.92 Å². The smallest absolute Gasteiger partial charge is 0.213 e. The highest BCUT2D eigenvalue weighted by molar-refractivity contribution is 6.30. The van der Waals surface area contributed by atoms with Crippen LogP contribution in [0, 0.1) is 0 Å². The summed E-state index contributed by atoms with van der Waals surface area (Å²) in [5.74, 6) is 2.63. The molecule has 1 aliphatic heterocycles. The van der Waals surface area contributed by atoms with E-state index in [1.165, 1.54) is 6.33 Å². The van der Waals surface area contributed by atoms with Gasteiger partial charge in [0.25, 0.3) is 0 Å².